The molecule has 9 heteroatoms. The van der Waals surface area contributed by atoms with Gasteiger partial charge in [0.25, 0.3) is 0 Å². The molecule has 2 aromatic carbocycles. The van der Waals surface area contributed by atoms with Crippen molar-refractivity contribution in [2.75, 3.05) is 36.4 Å². The molecule has 35 heavy (non-hydrogen) atoms. The molecule has 1 aliphatic heterocycles. The van der Waals surface area contributed by atoms with Crippen molar-refractivity contribution in [3.8, 4) is 17.3 Å². The largest absolute Gasteiger partial charge is 0.364 e. The van der Waals surface area contributed by atoms with E-state index in [0.29, 0.717) is 5.56 Å². The van der Waals surface area contributed by atoms with E-state index in [2.05, 4.69) is 42.0 Å². The molecule has 1 fully saturated rings. The van der Waals surface area contributed by atoms with Gasteiger partial charge in [0.05, 0.1) is 11.6 Å². The van der Waals surface area contributed by atoms with Gasteiger partial charge in [0.2, 0.25) is 10.1 Å². The van der Waals surface area contributed by atoms with Gasteiger partial charge < -0.3 is 10.2 Å². The molecule has 4 aromatic rings. The van der Waals surface area contributed by atoms with E-state index in [1.807, 2.05) is 28.8 Å². The van der Waals surface area contributed by atoms with Crippen molar-refractivity contribution >= 4 is 27.2 Å². The van der Waals surface area contributed by atoms with Crippen LogP contribution < -0.4 is 10.2 Å². The number of benzene rings is 2. The van der Waals surface area contributed by atoms with Gasteiger partial charge in [0, 0.05) is 43.8 Å². The second-order valence-corrected chi connectivity index (χ2v) is 10.8. The number of halogens is 1. The Labute approximate surface area is 208 Å². The molecule has 2 aromatic heterocycles. The average molecular weight is 490 g/mol. The number of fused-ring (bicyclic) bond motifs is 1. The molecule has 3 heterocycles. The first-order chi connectivity index (χ1) is 16.8. The van der Waals surface area contributed by atoms with Crippen molar-refractivity contribution < 1.29 is 4.39 Å². The van der Waals surface area contributed by atoms with E-state index in [1.54, 1.807) is 23.5 Å². The van der Waals surface area contributed by atoms with Crippen LogP contribution in [-0.4, -0.2) is 51.2 Å². The fraction of sp³-hybridized carbons (Fsp3) is 0.346. The number of piperazine rings is 1. The summed E-state index contributed by atoms with van der Waals surface area (Å²) >= 11 is 1.58. The topological polar surface area (TPSA) is 72.5 Å². The number of nitrogens with one attached hydrogen (secondary N) is 1. The van der Waals surface area contributed by atoms with Crippen LogP contribution in [0.15, 0.2) is 48.5 Å². The molecule has 7 nitrogen and oxygen atoms in total. The van der Waals surface area contributed by atoms with Crippen molar-refractivity contribution in [1.29, 1.82) is 5.26 Å². The molecule has 0 spiro atoms. The first kappa shape index (κ1) is 23.3. The lowest BCUT2D eigenvalue weighted by Crippen LogP contribution is -2.46. The Kier molecular flexibility index (Phi) is 6.17. The number of hydrogen-bond acceptors (Lipinski definition) is 7. The standard InChI is InChI=1S/C26H28FN7S/c1-26(2,3)30-23-22(20-8-10-21(27)11-9-20)29-24-34(23)31-25(35-24)33-14-12-32(13-15-33)17-19-6-4-18(16-28)5-7-19/h4-11,30H,12-15,17H2,1-3H3. The summed E-state index contributed by atoms with van der Waals surface area (Å²) in [7, 11) is 0. The molecular formula is C26H28FN7S. The first-order valence-electron chi connectivity index (χ1n) is 11.7. The van der Waals surface area contributed by atoms with Gasteiger partial charge in [0.1, 0.15) is 11.5 Å². The summed E-state index contributed by atoms with van der Waals surface area (Å²) in [6.07, 6.45) is 0. The van der Waals surface area contributed by atoms with Gasteiger partial charge in [-0.25, -0.2) is 9.37 Å². The summed E-state index contributed by atoms with van der Waals surface area (Å²) in [5, 5.41) is 18.4. The molecule has 5 rings (SSSR count). The predicted molar refractivity (Wildman–Crippen MR) is 138 cm³/mol. The van der Waals surface area contributed by atoms with E-state index in [4.69, 9.17) is 15.3 Å². The average Bonchev–Trinajstić information content (AvgIpc) is 3.39. The summed E-state index contributed by atoms with van der Waals surface area (Å²) < 4.78 is 15.4. The van der Waals surface area contributed by atoms with Crippen molar-refractivity contribution in [2.45, 2.75) is 32.9 Å². The second-order valence-electron chi connectivity index (χ2n) is 9.84. The minimum absolute atomic E-state index is 0.189. The maximum Gasteiger partial charge on any atom is 0.216 e. The number of anilines is 2. The fourth-order valence-corrected chi connectivity index (χ4v) is 5.14. The van der Waals surface area contributed by atoms with Crippen molar-refractivity contribution in [3.63, 3.8) is 0 Å². The minimum Gasteiger partial charge on any atom is -0.364 e. The minimum atomic E-state index is -0.265. The van der Waals surface area contributed by atoms with Crippen LogP contribution in [0.3, 0.4) is 0 Å². The lowest BCUT2D eigenvalue weighted by molar-refractivity contribution is 0.249. The van der Waals surface area contributed by atoms with Gasteiger partial charge in [-0.1, -0.05) is 23.5 Å². The molecule has 0 bridgehead atoms. The van der Waals surface area contributed by atoms with Crippen LogP contribution in [0, 0.1) is 17.1 Å². The molecular weight excluding hydrogens is 461 g/mol. The zero-order chi connectivity index (χ0) is 24.6. The van der Waals surface area contributed by atoms with Crippen LogP contribution in [-0.2, 0) is 6.54 Å². The van der Waals surface area contributed by atoms with Crippen LogP contribution in [0.1, 0.15) is 31.9 Å². The van der Waals surface area contributed by atoms with Gasteiger partial charge in [-0.05, 0) is 62.7 Å². The van der Waals surface area contributed by atoms with Gasteiger partial charge >= 0.3 is 0 Å². The van der Waals surface area contributed by atoms with Crippen molar-refractivity contribution in [2.24, 2.45) is 0 Å². The van der Waals surface area contributed by atoms with Crippen LogP contribution >= 0.6 is 11.3 Å². The summed E-state index contributed by atoms with van der Waals surface area (Å²) in [6, 6.07) is 16.4. The number of hydrogen-bond donors (Lipinski definition) is 1. The fourth-order valence-electron chi connectivity index (χ4n) is 4.18. The van der Waals surface area contributed by atoms with Crippen LogP contribution in [0.2, 0.25) is 0 Å². The molecule has 1 aliphatic rings. The van der Waals surface area contributed by atoms with E-state index in [9.17, 15) is 4.39 Å². The van der Waals surface area contributed by atoms with E-state index in [0.717, 1.165) is 59.9 Å². The van der Waals surface area contributed by atoms with Crippen LogP contribution in [0.4, 0.5) is 15.3 Å². The molecule has 0 atom stereocenters. The van der Waals surface area contributed by atoms with E-state index >= 15 is 0 Å². The Morgan fingerprint density at radius 3 is 2.34 bits per heavy atom. The van der Waals surface area contributed by atoms with Gasteiger partial charge in [0.15, 0.2) is 5.82 Å². The highest BCUT2D eigenvalue weighted by atomic mass is 32.1. The van der Waals surface area contributed by atoms with Gasteiger partial charge in [-0.15, -0.1) is 5.10 Å². The highest BCUT2D eigenvalue weighted by molar-refractivity contribution is 7.20. The molecule has 1 N–H and O–H groups in total. The Hall–Kier alpha value is -3.48. The second kappa shape index (κ2) is 9.29. The monoisotopic (exact) mass is 489 g/mol. The third-order valence-corrected chi connectivity index (χ3v) is 6.91. The predicted octanol–water partition coefficient (Wildman–Crippen LogP) is 5.00. The lowest BCUT2D eigenvalue weighted by Gasteiger charge is -2.34. The molecule has 0 amide bonds. The SMILES string of the molecule is CC(C)(C)Nc1c(-c2ccc(F)cc2)nc2sc(N3CCN(Cc4ccc(C#N)cc4)CC3)nn12. The number of imidazole rings is 1. The smallest absolute Gasteiger partial charge is 0.216 e. The maximum absolute atomic E-state index is 13.5. The summed E-state index contributed by atoms with van der Waals surface area (Å²) in [4.78, 5) is 10.4. The molecule has 0 unspecified atom stereocenters. The zero-order valence-corrected chi connectivity index (χ0v) is 20.9. The lowest BCUT2D eigenvalue weighted by atomic mass is 10.1. The normalized spacial score (nSPS) is 14.9. The van der Waals surface area contributed by atoms with E-state index < -0.39 is 0 Å². The molecule has 0 radical (unpaired) electrons. The highest BCUT2D eigenvalue weighted by Crippen LogP contribution is 2.35. The van der Waals surface area contributed by atoms with Gasteiger partial charge in [-0.2, -0.15) is 9.78 Å². The van der Waals surface area contributed by atoms with Crippen LogP contribution in [0.25, 0.3) is 16.2 Å². The third-order valence-electron chi connectivity index (χ3n) is 5.94. The van der Waals surface area contributed by atoms with Crippen molar-refractivity contribution in [3.05, 3.63) is 65.5 Å². The number of nitrogens with zero attached hydrogens (tertiary/aromatic N) is 6. The van der Waals surface area contributed by atoms with Crippen molar-refractivity contribution in [1.82, 2.24) is 19.5 Å². The molecule has 180 valence electrons. The number of rotatable bonds is 5. The zero-order valence-electron chi connectivity index (χ0n) is 20.1. The number of nitriles is 1. The molecule has 0 aliphatic carbocycles. The summed E-state index contributed by atoms with van der Waals surface area (Å²) in [6.45, 7) is 10.8. The quantitative estimate of drug-likeness (QED) is 0.425. The first-order valence-corrected chi connectivity index (χ1v) is 12.5. The van der Waals surface area contributed by atoms with Gasteiger partial charge in [-0.3, -0.25) is 4.90 Å². The maximum atomic E-state index is 13.5. The summed E-state index contributed by atoms with van der Waals surface area (Å²) in [5.74, 6) is 0.555. The molecule has 1 saturated heterocycles. The summed E-state index contributed by atoms with van der Waals surface area (Å²) in [5.41, 5.74) is 3.35. The Bertz CT molecular complexity index is 1350. The Morgan fingerprint density at radius 1 is 1.03 bits per heavy atom. The Balaban J connectivity index is 1.34. The van der Waals surface area contributed by atoms with E-state index in [-0.39, 0.29) is 11.4 Å². The highest BCUT2D eigenvalue weighted by Gasteiger charge is 2.25. The van der Waals surface area contributed by atoms with E-state index in [1.165, 1.54) is 17.7 Å². The molecule has 0 saturated carbocycles. The number of aromatic nitrogens is 3. The van der Waals surface area contributed by atoms with Crippen LogP contribution in [0.5, 0.6) is 0 Å². The third kappa shape index (κ3) is 5.14. The Morgan fingerprint density at radius 2 is 1.71 bits per heavy atom.